The van der Waals surface area contributed by atoms with Crippen LogP contribution in [0.5, 0.6) is 0 Å². The molecule has 0 bridgehead atoms. The molecule has 2 aromatic rings. The van der Waals surface area contributed by atoms with Gasteiger partial charge in [-0.25, -0.2) is 10.3 Å². The highest BCUT2D eigenvalue weighted by molar-refractivity contribution is 5.96. The van der Waals surface area contributed by atoms with Gasteiger partial charge in [-0.2, -0.15) is 0 Å². The van der Waals surface area contributed by atoms with Crippen LogP contribution in [0.15, 0.2) is 54.6 Å². The molecule has 1 N–H and O–H groups in total. The van der Waals surface area contributed by atoms with E-state index in [0.717, 1.165) is 30.4 Å². The van der Waals surface area contributed by atoms with E-state index in [1.807, 2.05) is 42.5 Å². The van der Waals surface area contributed by atoms with E-state index < -0.39 is 0 Å². The third-order valence-electron chi connectivity index (χ3n) is 4.37. The van der Waals surface area contributed by atoms with Crippen LogP contribution in [0.2, 0.25) is 0 Å². The average molecular weight is 353 g/mol. The topological polar surface area (TPSA) is 64.6 Å². The summed E-state index contributed by atoms with van der Waals surface area (Å²) in [5.41, 5.74) is 4.70. The van der Waals surface area contributed by atoms with Crippen molar-refractivity contribution in [2.75, 3.05) is 6.61 Å². The molecule has 0 radical (unpaired) electrons. The van der Waals surface area contributed by atoms with Crippen molar-refractivity contribution in [1.82, 2.24) is 5.48 Å². The highest BCUT2D eigenvalue weighted by Crippen LogP contribution is 2.13. The second-order valence-electron chi connectivity index (χ2n) is 6.33. The van der Waals surface area contributed by atoms with Gasteiger partial charge in [-0.05, 0) is 37.0 Å². The quantitative estimate of drug-likeness (QED) is 0.609. The lowest BCUT2D eigenvalue weighted by Crippen LogP contribution is -2.33. The molecule has 26 heavy (non-hydrogen) atoms. The predicted molar refractivity (Wildman–Crippen MR) is 97.7 cm³/mol. The summed E-state index contributed by atoms with van der Waals surface area (Å²) in [6.07, 6.45) is 3.57. The van der Waals surface area contributed by atoms with E-state index in [2.05, 4.69) is 5.48 Å². The summed E-state index contributed by atoms with van der Waals surface area (Å²) in [6.45, 7) is 0.664. The molecule has 1 atom stereocenters. The summed E-state index contributed by atoms with van der Waals surface area (Å²) in [6, 6.07) is 16.5. The minimum absolute atomic E-state index is 0.119. The molecule has 3 rings (SSSR count). The van der Waals surface area contributed by atoms with Crippen molar-refractivity contribution in [3.05, 3.63) is 71.3 Å². The molecule has 1 amide bonds. The van der Waals surface area contributed by atoms with Crippen LogP contribution in [0.1, 0.15) is 52.0 Å². The van der Waals surface area contributed by atoms with E-state index in [1.165, 1.54) is 0 Å². The van der Waals surface area contributed by atoms with E-state index in [1.54, 1.807) is 12.1 Å². The van der Waals surface area contributed by atoms with Crippen molar-refractivity contribution >= 4 is 11.7 Å². The summed E-state index contributed by atoms with van der Waals surface area (Å²) in [7, 11) is 0. The number of aryl methyl sites for hydroxylation is 1. The lowest BCUT2D eigenvalue weighted by atomic mass is 10.0. The zero-order valence-electron chi connectivity index (χ0n) is 14.6. The molecule has 136 valence electrons. The minimum Gasteiger partial charge on any atom is -0.350 e. The summed E-state index contributed by atoms with van der Waals surface area (Å²) in [5, 5.41) is 0. The van der Waals surface area contributed by atoms with Crippen LogP contribution >= 0.6 is 0 Å². The smallest absolute Gasteiger partial charge is 0.274 e. The maximum Gasteiger partial charge on any atom is 0.274 e. The molecule has 0 aliphatic carbocycles. The molecule has 1 aliphatic rings. The number of ether oxygens (including phenoxy) is 1. The number of hydrogen-bond acceptors (Lipinski definition) is 4. The Bertz CT molecular complexity index is 721. The molecule has 1 unspecified atom stereocenters. The van der Waals surface area contributed by atoms with Gasteiger partial charge in [0.25, 0.3) is 5.91 Å². The van der Waals surface area contributed by atoms with Crippen molar-refractivity contribution in [3.8, 4) is 0 Å². The summed E-state index contributed by atoms with van der Waals surface area (Å²) in [4.78, 5) is 29.5. The molecule has 2 aromatic carbocycles. The van der Waals surface area contributed by atoms with Gasteiger partial charge < -0.3 is 4.74 Å². The number of carbonyl (C=O) groups is 2. The van der Waals surface area contributed by atoms with Crippen molar-refractivity contribution in [2.45, 2.75) is 38.4 Å². The number of ketones is 1. The summed E-state index contributed by atoms with van der Waals surface area (Å²) in [5.74, 6) is -0.181. The number of carbonyl (C=O) groups excluding carboxylic acids is 2. The zero-order chi connectivity index (χ0) is 18.2. The number of hydroxylamine groups is 1. The van der Waals surface area contributed by atoms with Crippen LogP contribution in [-0.2, 0) is 16.0 Å². The molecule has 1 fully saturated rings. The zero-order valence-corrected chi connectivity index (χ0v) is 14.6. The third kappa shape index (κ3) is 5.25. The molecule has 0 spiro atoms. The first kappa shape index (κ1) is 18.3. The van der Waals surface area contributed by atoms with Crippen LogP contribution < -0.4 is 5.48 Å². The fraction of sp³-hybridized carbons (Fsp3) is 0.333. The second-order valence-corrected chi connectivity index (χ2v) is 6.33. The van der Waals surface area contributed by atoms with Gasteiger partial charge in [-0.3, -0.25) is 9.59 Å². The Morgan fingerprint density at radius 1 is 1.00 bits per heavy atom. The molecule has 1 saturated heterocycles. The van der Waals surface area contributed by atoms with Crippen molar-refractivity contribution < 1.29 is 19.2 Å². The number of benzene rings is 2. The van der Waals surface area contributed by atoms with E-state index in [4.69, 9.17) is 9.57 Å². The molecular formula is C21H23NO4. The normalized spacial score (nSPS) is 16.8. The molecule has 1 aliphatic heterocycles. The summed E-state index contributed by atoms with van der Waals surface area (Å²) >= 11 is 0. The first-order valence-corrected chi connectivity index (χ1v) is 8.97. The molecule has 0 saturated carbocycles. The molecule has 5 nitrogen and oxygen atoms in total. The monoisotopic (exact) mass is 353 g/mol. The Hall–Kier alpha value is -2.50. The molecule has 0 aromatic heterocycles. The van der Waals surface area contributed by atoms with Gasteiger partial charge in [-0.15, -0.1) is 0 Å². The van der Waals surface area contributed by atoms with E-state index in [-0.39, 0.29) is 18.0 Å². The lowest BCUT2D eigenvalue weighted by molar-refractivity contribution is -0.186. The third-order valence-corrected chi connectivity index (χ3v) is 4.37. The largest absolute Gasteiger partial charge is 0.350 e. The standard InChI is InChI=1S/C21H23NO4/c23-19(17-6-2-1-3-7-17)14-11-16-9-12-18(13-10-16)21(24)22-26-20-8-4-5-15-25-20/h1-3,6-7,9-10,12-13,20H,4-5,8,11,14-15H2,(H,22,24). The predicted octanol–water partition coefficient (Wildman–Crippen LogP) is 3.69. The minimum atomic E-state index is -0.365. The fourth-order valence-corrected chi connectivity index (χ4v) is 2.83. The van der Waals surface area contributed by atoms with E-state index in [9.17, 15) is 9.59 Å². The molecular weight excluding hydrogens is 330 g/mol. The first-order chi connectivity index (χ1) is 12.7. The fourth-order valence-electron chi connectivity index (χ4n) is 2.83. The van der Waals surface area contributed by atoms with Crippen LogP contribution in [-0.4, -0.2) is 24.6 Å². The first-order valence-electron chi connectivity index (χ1n) is 8.97. The Balaban J connectivity index is 1.46. The van der Waals surface area contributed by atoms with Gasteiger partial charge in [0.2, 0.25) is 0 Å². The van der Waals surface area contributed by atoms with Crippen molar-refractivity contribution in [3.63, 3.8) is 0 Å². The molecule has 5 heteroatoms. The lowest BCUT2D eigenvalue weighted by Gasteiger charge is -2.22. The van der Waals surface area contributed by atoms with Crippen molar-refractivity contribution in [1.29, 1.82) is 0 Å². The Morgan fingerprint density at radius 3 is 2.46 bits per heavy atom. The van der Waals surface area contributed by atoms with Crippen LogP contribution in [0, 0.1) is 0 Å². The van der Waals surface area contributed by atoms with Gasteiger partial charge in [0.15, 0.2) is 12.1 Å². The number of hydrogen-bond donors (Lipinski definition) is 1. The Kier molecular flexibility index (Phi) is 6.52. The molecule has 1 heterocycles. The number of nitrogens with one attached hydrogen (secondary N) is 1. The van der Waals surface area contributed by atoms with Gasteiger partial charge in [0.1, 0.15) is 0 Å². The number of amides is 1. The van der Waals surface area contributed by atoms with E-state index >= 15 is 0 Å². The maximum absolute atomic E-state index is 12.1. The Morgan fingerprint density at radius 2 is 1.77 bits per heavy atom. The van der Waals surface area contributed by atoms with Gasteiger partial charge >= 0.3 is 0 Å². The van der Waals surface area contributed by atoms with E-state index in [0.29, 0.717) is 25.0 Å². The van der Waals surface area contributed by atoms with Crippen LogP contribution in [0.3, 0.4) is 0 Å². The number of Topliss-reactive ketones (excluding diaryl/α,β-unsaturated/α-hetero) is 1. The van der Waals surface area contributed by atoms with Crippen LogP contribution in [0.4, 0.5) is 0 Å². The number of rotatable bonds is 7. The maximum atomic E-state index is 12.1. The van der Waals surface area contributed by atoms with Gasteiger partial charge in [-0.1, -0.05) is 42.5 Å². The van der Waals surface area contributed by atoms with Gasteiger partial charge in [0, 0.05) is 30.6 Å². The highest BCUT2D eigenvalue weighted by Gasteiger charge is 2.16. The Labute approximate surface area is 153 Å². The SMILES string of the molecule is O=C(CCc1ccc(C(=O)NOC2CCCCO2)cc1)c1ccccc1. The van der Waals surface area contributed by atoms with Crippen molar-refractivity contribution in [2.24, 2.45) is 0 Å². The van der Waals surface area contributed by atoms with Crippen LogP contribution in [0.25, 0.3) is 0 Å². The van der Waals surface area contributed by atoms with Gasteiger partial charge in [0.05, 0.1) is 0 Å². The highest BCUT2D eigenvalue weighted by atomic mass is 16.8. The second kappa shape index (κ2) is 9.27. The average Bonchev–Trinajstić information content (AvgIpc) is 2.72. The summed E-state index contributed by atoms with van der Waals surface area (Å²) < 4.78 is 5.41.